The van der Waals surface area contributed by atoms with Gasteiger partial charge in [-0.05, 0) is 25.8 Å². The molecule has 1 fully saturated rings. The summed E-state index contributed by atoms with van der Waals surface area (Å²) in [5.74, 6) is -0.697. The molecule has 1 aliphatic heterocycles. The van der Waals surface area contributed by atoms with E-state index in [2.05, 4.69) is 13.1 Å². The lowest BCUT2D eigenvalue weighted by Gasteiger charge is -2.45. The molecule has 0 amide bonds. The van der Waals surface area contributed by atoms with Gasteiger partial charge in [0.15, 0.2) is 5.41 Å². The van der Waals surface area contributed by atoms with Crippen LogP contribution < -0.4 is 0 Å². The first kappa shape index (κ1) is 17.2. The van der Waals surface area contributed by atoms with Gasteiger partial charge in [0.05, 0.1) is 13.2 Å². The highest BCUT2D eigenvalue weighted by molar-refractivity contribution is 6.78. The Hall–Kier alpha value is -0.843. The molecule has 0 N–H and O–H groups in total. The topological polar surface area (TPSA) is 52.6 Å². The van der Waals surface area contributed by atoms with Crippen molar-refractivity contribution in [3.05, 3.63) is 0 Å². The van der Waals surface area contributed by atoms with Crippen LogP contribution in [0.4, 0.5) is 0 Å². The zero-order valence-electron chi connectivity index (χ0n) is 13.5. The lowest BCUT2D eigenvalue weighted by atomic mass is 9.73. The Labute approximate surface area is 123 Å². The lowest BCUT2D eigenvalue weighted by Crippen LogP contribution is -2.55. The molecule has 0 radical (unpaired) electrons. The Morgan fingerprint density at radius 1 is 1.10 bits per heavy atom. The molecule has 0 saturated carbocycles. The van der Waals surface area contributed by atoms with Gasteiger partial charge in [-0.2, -0.15) is 0 Å². The molecule has 20 heavy (non-hydrogen) atoms. The van der Waals surface area contributed by atoms with Crippen molar-refractivity contribution in [2.24, 2.45) is 11.3 Å². The van der Waals surface area contributed by atoms with Gasteiger partial charge in [-0.15, -0.1) is 0 Å². The van der Waals surface area contributed by atoms with Gasteiger partial charge in [0.1, 0.15) is 0 Å². The van der Waals surface area contributed by atoms with Gasteiger partial charge in [-0.1, -0.05) is 38.9 Å². The van der Waals surface area contributed by atoms with Gasteiger partial charge < -0.3 is 9.47 Å². The summed E-state index contributed by atoms with van der Waals surface area (Å²) in [6.45, 7) is 10.7. The van der Waals surface area contributed by atoms with Crippen molar-refractivity contribution in [1.82, 2.24) is 0 Å². The van der Waals surface area contributed by atoms with Crippen molar-refractivity contribution in [1.29, 1.82) is 0 Å². The van der Waals surface area contributed by atoms with Crippen molar-refractivity contribution >= 4 is 20.0 Å². The van der Waals surface area contributed by atoms with Crippen LogP contribution in [0.1, 0.15) is 33.6 Å². The average Bonchev–Trinajstić information content (AvgIpc) is 2.38. The molecular weight excluding hydrogens is 272 g/mol. The summed E-state index contributed by atoms with van der Waals surface area (Å²) in [6, 6.07) is 1.81. The SMILES string of the molecule is CCOC(=O)C1(C(=O)OCC)C[Si](C)(C)CC[C@@H]1CC. The van der Waals surface area contributed by atoms with Gasteiger partial charge >= 0.3 is 11.9 Å². The first-order valence-corrected chi connectivity index (χ1v) is 11.1. The average molecular weight is 300 g/mol. The monoisotopic (exact) mass is 300 g/mol. The van der Waals surface area contributed by atoms with E-state index in [9.17, 15) is 9.59 Å². The van der Waals surface area contributed by atoms with Crippen molar-refractivity contribution in [3.8, 4) is 0 Å². The lowest BCUT2D eigenvalue weighted by molar-refractivity contribution is -0.176. The minimum absolute atomic E-state index is 0.0427. The summed E-state index contributed by atoms with van der Waals surface area (Å²) in [6.07, 6.45) is 1.73. The van der Waals surface area contributed by atoms with E-state index in [1.807, 2.05) is 6.92 Å². The Kier molecular flexibility index (Phi) is 5.80. The van der Waals surface area contributed by atoms with E-state index in [1.54, 1.807) is 13.8 Å². The number of esters is 2. The zero-order chi connectivity index (χ0) is 15.4. The minimum atomic E-state index is -1.57. The molecular formula is C15H28O4Si. The predicted octanol–water partition coefficient (Wildman–Crippen LogP) is 3.24. The van der Waals surface area contributed by atoms with Gasteiger partial charge in [-0.25, -0.2) is 0 Å². The van der Waals surface area contributed by atoms with Gasteiger partial charge in [0.25, 0.3) is 0 Å². The van der Waals surface area contributed by atoms with E-state index in [1.165, 1.54) is 0 Å². The highest BCUT2D eigenvalue weighted by Gasteiger charge is 2.58. The number of hydrogen-bond acceptors (Lipinski definition) is 4. The molecule has 116 valence electrons. The zero-order valence-corrected chi connectivity index (χ0v) is 14.5. The fourth-order valence-electron chi connectivity index (χ4n) is 3.43. The second-order valence-electron chi connectivity index (χ2n) is 6.40. The second kappa shape index (κ2) is 6.74. The van der Waals surface area contributed by atoms with Crippen LogP contribution >= 0.6 is 0 Å². The normalized spacial score (nSPS) is 23.9. The summed E-state index contributed by atoms with van der Waals surface area (Å²) < 4.78 is 10.5. The maximum Gasteiger partial charge on any atom is 0.323 e. The number of rotatable bonds is 5. The molecule has 0 aromatic rings. The molecule has 1 rings (SSSR count). The summed E-state index contributed by atoms with van der Waals surface area (Å²) >= 11 is 0. The van der Waals surface area contributed by atoms with Crippen LogP contribution in [0.25, 0.3) is 0 Å². The summed E-state index contributed by atoms with van der Waals surface area (Å²) in [4.78, 5) is 25.2. The number of ether oxygens (including phenoxy) is 2. The van der Waals surface area contributed by atoms with Gasteiger partial charge in [0, 0.05) is 8.07 Å². The van der Waals surface area contributed by atoms with Crippen molar-refractivity contribution in [2.45, 2.75) is 58.8 Å². The van der Waals surface area contributed by atoms with Crippen LogP contribution in [0, 0.1) is 11.3 Å². The quantitative estimate of drug-likeness (QED) is 0.444. The van der Waals surface area contributed by atoms with Crippen molar-refractivity contribution in [2.75, 3.05) is 13.2 Å². The highest BCUT2D eigenvalue weighted by Crippen LogP contribution is 2.49. The van der Waals surface area contributed by atoms with Crippen molar-refractivity contribution < 1.29 is 19.1 Å². The highest BCUT2D eigenvalue weighted by atomic mass is 28.3. The summed E-state index contributed by atoms with van der Waals surface area (Å²) in [5.41, 5.74) is -1.06. The Morgan fingerprint density at radius 3 is 2.00 bits per heavy atom. The Morgan fingerprint density at radius 2 is 1.60 bits per heavy atom. The van der Waals surface area contributed by atoms with Gasteiger partial charge in [-0.3, -0.25) is 9.59 Å². The summed E-state index contributed by atoms with van der Waals surface area (Å²) in [7, 11) is -1.57. The van der Waals surface area contributed by atoms with E-state index in [-0.39, 0.29) is 17.9 Å². The van der Waals surface area contributed by atoms with E-state index in [0.29, 0.717) is 19.3 Å². The standard InChI is InChI=1S/C15H28O4Si/c1-6-12-9-10-20(4,5)11-15(12,13(16)18-7-2)14(17)19-8-3/h12H,6-11H2,1-5H3/t12-/m0/s1. The maximum atomic E-state index is 12.6. The second-order valence-corrected chi connectivity index (χ2v) is 11.6. The molecule has 5 heteroatoms. The molecule has 0 bridgehead atoms. The molecule has 0 aromatic heterocycles. The van der Waals surface area contributed by atoms with E-state index >= 15 is 0 Å². The molecule has 0 aliphatic carbocycles. The van der Waals surface area contributed by atoms with E-state index < -0.39 is 13.5 Å². The molecule has 1 saturated heterocycles. The molecule has 0 spiro atoms. The number of carbonyl (C=O) groups is 2. The third kappa shape index (κ3) is 3.24. The molecule has 1 atom stereocenters. The number of hydrogen-bond donors (Lipinski definition) is 0. The largest absolute Gasteiger partial charge is 0.465 e. The number of carbonyl (C=O) groups excluding carboxylic acids is 2. The van der Waals surface area contributed by atoms with Crippen LogP contribution in [-0.4, -0.2) is 33.2 Å². The van der Waals surface area contributed by atoms with E-state index in [4.69, 9.17) is 9.47 Å². The van der Waals surface area contributed by atoms with Gasteiger partial charge in [0.2, 0.25) is 0 Å². The third-order valence-electron chi connectivity index (χ3n) is 4.40. The summed E-state index contributed by atoms with van der Waals surface area (Å²) in [5, 5.41) is 0. The predicted molar refractivity (Wildman–Crippen MR) is 81.2 cm³/mol. The maximum absolute atomic E-state index is 12.6. The molecule has 4 nitrogen and oxygen atoms in total. The molecule has 1 heterocycles. The molecule has 0 unspecified atom stereocenters. The van der Waals surface area contributed by atoms with E-state index in [0.717, 1.165) is 18.9 Å². The minimum Gasteiger partial charge on any atom is -0.465 e. The third-order valence-corrected chi connectivity index (χ3v) is 7.55. The fraction of sp³-hybridized carbons (Fsp3) is 0.867. The Bertz CT molecular complexity index is 347. The van der Waals surface area contributed by atoms with Crippen LogP contribution in [0.2, 0.25) is 25.2 Å². The smallest absolute Gasteiger partial charge is 0.323 e. The Balaban J connectivity index is 3.22. The van der Waals surface area contributed by atoms with Crippen LogP contribution in [-0.2, 0) is 19.1 Å². The van der Waals surface area contributed by atoms with Crippen LogP contribution in [0.15, 0.2) is 0 Å². The van der Waals surface area contributed by atoms with Crippen LogP contribution in [0.5, 0.6) is 0 Å². The molecule has 1 aliphatic rings. The van der Waals surface area contributed by atoms with Crippen LogP contribution in [0.3, 0.4) is 0 Å². The first-order valence-electron chi connectivity index (χ1n) is 7.68. The fourth-order valence-corrected chi connectivity index (χ4v) is 6.83. The van der Waals surface area contributed by atoms with Crippen molar-refractivity contribution in [3.63, 3.8) is 0 Å². The molecule has 0 aromatic carbocycles. The first-order chi connectivity index (χ1) is 9.34.